The van der Waals surface area contributed by atoms with Crippen molar-refractivity contribution in [1.29, 1.82) is 0 Å². The highest BCUT2D eigenvalue weighted by atomic mass is 19.1. The molecule has 0 spiro atoms. The van der Waals surface area contributed by atoms with Gasteiger partial charge in [0.25, 0.3) is 0 Å². The van der Waals surface area contributed by atoms with Crippen LogP contribution in [-0.4, -0.2) is 35.2 Å². The number of ether oxygens (including phenoxy) is 1. The topological polar surface area (TPSA) is 49.8 Å². The van der Waals surface area contributed by atoms with E-state index >= 15 is 0 Å². The first kappa shape index (κ1) is 15.4. The second-order valence-corrected chi connectivity index (χ2v) is 4.59. The zero-order chi connectivity index (χ0) is 14.4. The third-order valence-electron chi connectivity index (χ3n) is 2.75. The Morgan fingerprint density at radius 2 is 2.16 bits per heavy atom. The Labute approximate surface area is 112 Å². The molecule has 19 heavy (non-hydrogen) atoms. The molecule has 0 radical (unpaired) electrons. The first-order valence-electron chi connectivity index (χ1n) is 6.31. The second-order valence-electron chi connectivity index (χ2n) is 4.59. The maximum atomic E-state index is 13.7. The highest BCUT2D eigenvalue weighted by Crippen LogP contribution is 2.19. The monoisotopic (exact) mass is 269 g/mol. The van der Waals surface area contributed by atoms with Gasteiger partial charge in [0, 0.05) is 12.6 Å². The van der Waals surface area contributed by atoms with Crippen molar-refractivity contribution in [3.63, 3.8) is 0 Å². The fraction of sp³-hybridized carbons (Fsp3) is 0.500. The van der Waals surface area contributed by atoms with Gasteiger partial charge in [-0.1, -0.05) is 6.07 Å². The molecule has 1 aromatic carbocycles. The number of hydrogen-bond acceptors (Lipinski definition) is 3. The average molecular weight is 269 g/mol. The zero-order valence-electron chi connectivity index (χ0n) is 11.5. The van der Waals surface area contributed by atoms with Gasteiger partial charge in [0.1, 0.15) is 0 Å². The van der Waals surface area contributed by atoms with Gasteiger partial charge < -0.3 is 9.84 Å². The van der Waals surface area contributed by atoms with Crippen molar-refractivity contribution < 1.29 is 19.0 Å². The minimum absolute atomic E-state index is 0.0630. The number of nitrogens with zero attached hydrogens (tertiary/aromatic N) is 1. The van der Waals surface area contributed by atoms with Crippen LogP contribution >= 0.6 is 0 Å². The minimum Gasteiger partial charge on any atom is -0.491 e. The fourth-order valence-corrected chi connectivity index (χ4v) is 1.74. The minimum atomic E-state index is -0.889. The summed E-state index contributed by atoms with van der Waals surface area (Å²) in [6.45, 7) is 6.36. The van der Waals surface area contributed by atoms with Gasteiger partial charge in [-0.3, -0.25) is 9.69 Å². The van der Waals surface area contributed by atoms with E-state index < -0.39 is 11.8 Å². The standard InChI is InChI=1S/C14H20FNO3/c1-4-19-13-6-5-11(7-12(13)15)8-16(10(2)3)9-14(17)18/h5-7,10H,4,8-9H2,1-3H3,(H,17,18). The van der Waals surface area contributed by atoms with E-state index in [0.717, 1.165) is 5.56 Å². The van der Waals surface area contributed by atoms with Crippen molar-refractivity contribution in [1.82, 2.24) is 4.90 Å². The van der Waals surface area contributed by atoms with Gasteiger partial charge in [-0.05, 0) is 38.5 Å². The first-order valence-corrected chi connectivity index (χ1v) is 6.31. The van der Waals surface area contributed by atoms with Crippen molar-refractivity contribution in [3.05, 3.63) is 29.6 Å². The number of rotatable bonds is 7. The number of carboxylic acids is 1. The first-order chi connectivity index (χ1) is 8.93. The van der Waals surface area contributed by atoms with Crippen LogP contribution in [0.4, 0.5) is 4.39 Å². The van der Waals surface area contributed by atoms with Gasteiger partial charge in [-0.2, -0.15) is 0 Å². The molecule has 1 N–H and O–H groups in total. The Morgan fingerprint density at radius 3 is 2.63 bits per heavy atom. The molecule has 0 aliphatic rings. The Balaban J connectivity index is 2.79. The Kier molecular flexibility index (Phi) is 5.76. The molecule has 5 heteroatoms. The van der Waals surface area contributed by atoms with Crippen molar-refractivity contribution in [3.8, 4) is 5.75 Å². The van der Waals surface area contributed by atoms with E-state index in [2.05, 4.69) is 0 Å². The Hall–Kier alpha value is -1.62. The highest BCUT2D eigenvalue weighted by molar-refractivity contribution is 5.69. The molecule has 0 aliphatic carbocycles. The van der Waals surface area contributed by atoms with E-state index in [0.29, 0.717) is 13.2 Å². The lowest BCUT2D eigenvalue weighted by Crippen LogP contribution is -2.35. The second kappa shape index (κ2) is 7.09. The third-order valence-corrected chi connectivity index (χ3v) is 2.75. The summed E-state index contributed by atoms with van der Waals surface area (Å²) in [5.74, 6) is -1.08. The molecule has 0 aromatic heterocycles. The van der Waals surface area contributed by atoms with Gasteiger partial charge in [0.15, 0.2) is 11.6 Å². The lowest BCUT2D eigenvalue weighted by molar-refractivity contribution is -0.138. The SMILES string of the molecule is CCOc1ccc(CN(CC(=O)O)C(C)C)cc1F. The molecule has 0 amide bonds. The van der Waals surface area contributed by atoms with Crippen LogP contribution in [0.3, 0.4) is 0 Å². The molecule has 0 fully saturated rings. The fourth-order valence-electron chi connectivity index (χ4n) is 1.74. The summed E-state index contributed by atoms with van der Waals surface area (Å²) in [7, 11) is 0. The summed E-state index contributed by atoms with van der Waals surface area (Å²) in [5.41, 5.74) is 0.732. The van der Waals surface area contributed by atoms with Crippen molar-refractivity contribution >= 4 is 5.97 Å². The van der Waals surface area contributed by atoms with Crippen LogP contribution in [0.2, 0.25) is 0 Å². The van der Waals surface area contributed by atoms with Crippen LogP contribution < -0.4 is 4.74 Å². The van der Waals surface area contributed by atoms with Gasteiger partial charge in [0.05, 0.1) is 13.2 Å². The predicted octanol–water partition coefficient (Wildman–Crippen LogP) is 2.52. The Morgan fingerprint density at radius 1 is 1.47 bits per heavy atom. The molecule has 1 rings (SSSR count). The van der Waals surface area contributed by atoms with Crippen LogP contribution in [-0.2, 0) is 11.3 Å². The average Bonchev–Trinajstić information content (AvgIpc) is 2.31. The molecule has 0 unspecified atom stereocenters. The quantitative estimate of drug-likeness (QED) is 0.826. The maximum Gasteiger partial charge on any atom is 0.317 e. The molecule has 0 saturated carbocycles. The van der Waals surface area contributed by atoms with Gasteiger partial charge in [0.2, 0.25) is 0 Å². The van der Waals surface area contributed by atoms with Crippen LogP contribution in [0, 0.1) is 5.82 Å². The molecule has 0 atom stereocenters. The summed E-state index contributed by atoms with van der Waals surface area (Å²) in [6, 6.07) is 4.80. The summed E-state index contributed by atoms with van der Waals surface area (Å²) >= 11 is 0. The van der Waals surface area contributed by atoms with Crippen LogP contribution in [0.25, 0.3) is 0 Å². The zero-order valence-corrected chi connectivity index (χ0v) is 11.5. The number of carboxylic acid groups (broad SMARTS) is 1. The number of halogens is 1. The van der Waals surface area contributed by atoms with Crippen molar-refractivity contribution in [2.45, 2.75) is 33.4 Å². The summed E-state index contributed by atoms with van der Waals surface area (Å²) in [4.78, 5) is 12.5. The molecule has 106 valence electrons. The van der Waals surface area contributed by atoms with Gasteiger partial charge in [-0.25, -0.2) is 4.39 Å². The number of aliphatic carboxylic acids is 1. The number of carbonyl (C=O) groups is 1. The highest BCUT2D eigenvalue weighted by Gasteiger charge is 2.14. The van der Waals surface area contributed by atoms with Crippen molar-refractivity contribution in [2.75, 3.05) is 13.2 Å². The van der Waals surface area contributed by atoms with Crippen LogP contribution in [0.15, 0.2) is 18.2 Å². The smallest absolute Gasteiger partial charge is 0.317 e. The van der Waals surface area contributed by atoms with Crippen molar-refractivity contribution in [2.24, 2.45) is 0 Å². The van der Waals surface area contributed by atoms with Crippen LogP contribution in [0.1, 0.15) is 26.3 Å². The molecule has 4 nitrogen and oxygen atoms in total. The maximum absolute atomic E-state index is 13.7. The number of hydrogen-bond donors (Lipinski definition) is 1. The molecular formula is C14H20FNO3. The summed E-state index contributed by atoms with van der Waals surface area (Å²) in [5, 5.41) is 8.84. The van der Waals surface area contributed by atoms with E-state index in [1.165, 1.54) is 6.07 Å². The van der Waals surface area contributed by atoms with Crippen LogP contribution in [0.5, 0.6) is 5.75 Å². The molecule has 0 bridgehead atoms. The molecule has 1 aromatic rings. The largest absolute Gasteiger partial charge is 0.491 e. The predicted molar refractivity (Wildman–Crippen MR) is 70.8 cm³/mol. The lowest BCUT2D eigenvalue weighted by Gasteiger charge is -2.24. The Bertz CT molecular complexity index is 435. The lowest BCUT2D eigenvalue weighted by atomic mass is 10.1. The molecular weight excluding hydrogens is 249 g/mol. The summed E-state index contributed by atoms with van der Waals surface area (Å²) < 4.78 is 18.8. The normalized spacial score (nSPS) is 11.1. The third kappa shape index (κ3) is 4.87. The van der Waals surface area contributed by atoms with E-state index in [1.54, 1.807) is 24.0 Å². The van der Waals surface area contributed by atoms with E-state index in [1.807, 2.05) is 13.8 Å². The number of benzene rings is 1. The summed E-state index contributed by atoms with van der Waals surface area (Å²) in [6.07, 6.45) is 0. The van der Waals surface area contributed by atoms with E-state index in [9.17, 15) is 9.18 Å². The van der Waals surface area contributed by atoms with Gasteiger partial charge >= 0.3 is 5.97 Å². The van der Waals surface area contributed by atoms with Gasteiger partial charge in [-0.15, -0.1) is 0 Å². The van der Waals surface area contributed by atoms with E-state index in [-0.39, 0.29) is 18.3 Å². The molecule has 0 aliphatic heterocycles. The molecule has 0 saturated heterocycles. The van der Waals surface area contributed by atoms with E-state index in [4.69, 9.17) is 9.84 Å². The molecule has 0 heterocycles.